The van der Waals surface area contributed by atoms with Crippen molar-refractivity contribution in [2.45, 2.75) is 51.7 Å². The van der Waals surface area contributed by atoms with Crippen LogP contribution in [-0.2, 0) is 11.5 Å². The van der Waals surface area contributed by atoms with E-state index in [1.165, 1.54) is 6.26 Å². The fourth-order valence-corrected chi connectivity index (χ4v) is 5.79. The van der Waals surface area contributed by atoms with E-state index in [0.717, 1.165) is 54.8 Å². The first kappa shape index (κ1) is 27.8. The number of nitrogen functional groups attached to an aromatic ring is 1. The number of nitrogens with zero attached hydrogens (tertiary/aromatic N) is 5. The Labute approximate surface area is 236 Å². The van der Waals surface area contributed by atoms with Gasteiger partial charge in [0, 0.05) is 50.1 Å². The number of aromatic nitrogens is 4. The van der Waals surface area contributed by atoms with Crippen LogP contribution in [0, 0.1) is 5.92 Å². The minimum absolute atomic E-state index is 0.184. The summed E-state index contributed by atoms with van der Waals surface area (Å²) >= 11 is 0. The molecule has 1 saturated heterocycles. The van der Waals surface area contributed by atoms with Crippen molar-refractivity contribution in [2.24, 2.45) is 13.0 Å². The molecule has 0 radical (unpaired) electrons. The number of nitrogens with two attached hydrogens (primary N) is 1. The molecule has 0 aliphatic carbocycles. The highest BCUT2D eigenvalue weighted by Gasteiger charge is 2.38. The van der Waals surface area contributed by atoms with Crippen molar-refractivity contribution in [3.8, 4) is 11.5 Å². The molecule has 1 aliphatic heterocycles. The number of pyridine rings is 1. The maximum absolute atomic E-state index is 13.3. The van der Waals surface area contributed by atoms with Crippen LogP contribution in [0.3, 0.4) is 0 Å². The van der Waals surface area contributed by atoms with Gasteiger partial charge in [-0.2, -0.15) is 5.10 Å². The Kier molecular flexibility index (Phi) is 7.45. The number of oxazole rings is 1. The van der Waals surface area contributed by atoms with Crippen molar-refractivity contribution >= 4 is 42.3 Å². The van der Waals surface area contributed by atoms with Crippen molar-refractivity contribution in [1.29, 1.82) is 0 Å². The third-order valence-corrected chi connectivity index (χ3v) is 12.7. The molecule has 0 spiro atoms. The first-order valence-electron chi connectivity index (χ1n) is 13.7. The maximum atomic E-state index is 13.3. The molecule has 0 bridgehead atoms. The van der Waals surface area contributed by atoms with Gasteiger partial charge in [-0.05, 0) is 61.2 Å². The smallest absolute Gasteiger partial charge is 0.277 e. The van der Waals surface area contributed by atoms with E-state index < -0.39 is 8.32 Å². The van der Waals surface area contributed by atoms with Crippen LogP contribution in [-0.4, -0.2) is 53.7 Å². The van der Waals surface area contributed by atoms with Gasteiger partial charge in [0.05, 0.1) is 16.9 Å². The third kappa shape index (κ3) is 5.90. The molecule has 0 saturated carbocycles. The fraction of sp³-hybridized carbons (Fsp3) is 0.448. The summed E-state index contributed by atoms with van der Waals surface area (Å²) < 4.78 is 13.9. The lowest BCUT2D eigenvalue weighted by Crippen LogP contribution is -2.43. The number of piperidine rings is 1. The molecule has 5 rings (SSSR count). The Hall–Kier alpha value is -3.70. The number of aryl methyl sites for hydroxylation is 1. The van der Waals surface area contributed by atoms with Gasteiger partial charge in [-0.1, -0.05) is 20.8 Å². The number of carbonyl (C=O) groups excluding carboxylic acids is 1. The zero-order valence-corrected chi connectivity index (χ0v) is 25.2. The van der Waals surface area contributed by atoms with Crippen molar-refractivity contribution in [3.63, 3.8) is 0 Å². The second-order valence-corrected chi connectivity index (χ2v) is 17.0. The number of hydrogen-bond donors (Lipinski definition) is 2. The van der Waals surface area contributed by atoms with Crippen molar-refractivity contribution in [3.05, 3.63) is 48.6 Å². The van der Waals surface area contributed by atoms with E-state index in [1.54, 1.807) is 23.0 Å². The molecule has 3 aromatic heterocycles. The molecular formula is C29H39N7O3Si. The first-order valence-corrected chi connectivity index (χ1v) is 16.7. The predicted octanol–water partition coefficient (Wildman–Crippen LogP) is 5.70. The standard InChI is InChI=1S/C29H39N7O3Si/c1-29(2,3)40(5,6)39-17-19-8-11-36(12-9-19)25-15-22-21(16-35(4)34-22)13-23(25)32-27(37)24-18-38-28(33-24)20-7-10-31-26(30)14-20/h7,10,13-16,18-19H,8-9,11-12,17H2,1-6H3,(H2,30,31)(H,32,37). The van der Waals surface area contributed by atoms with Crippen LogP contribution in [0.5, 0.6) is 0 Å². The van der Waals surface area contributed by atoms with Gasteiger partial charge < -0.3 is 24.8 Å². The van der Waals surface area contributed by atoms with Crippen LogP contribution in [0.25, 0.3) is 22.4 Å². The first-order chi connectivity index (χ1) is 18.9. The van der Waals surface area contributed by atoms with E-state index in [1.807, 2.05) is 19.3 Å². The van der Waals surface area contributed by atoms with E-state index in [0.29, 0.717) is 23.2 Å². The molecule has 0 unspecified atom stereocenters. The van der Waals surface area contributed by atoms with Crippen LogP contribution in [0.15, 0.2) is 47.3 Å². The lowest BCUT2D eigenvalue weighted by molar-refractivity contribution is 0.102. The molecule has 3 N–H and O–H groups in total. The zero-order chi connectivity index (χ0) is 28.7. The number of carbonyl (C=O) groups is 1. The van der Waals surface area contributed by atoms with Gasteiger partial charge >= 0.3 is 0 Å². The Morgan fingerprint density at radius 1 is 1.23 bits per heavy atom. The number of amides is 1. The molecule has 1 fully saturated rings. The highest BCUT2D eigenvalue weighted by molar-refractivity contribution is 6.74. The van der Waals surface area contributed by atoms with Crippen molar-refractivity contribution < 1.29 is 13.6 Å². The highest BCUT2D eigenvalue weighted by Crippen LogP contribution is 2.38. The maximum Gasteiger partial charge on any atom is 0.277 e. The minimum atomic E-state index is -1.78. The average molecular weight is 562 g/mol. The summed E-state index contributed by atoms with van der Waals surface area (Å²) in [5.41, 5.74) is 9.19. The average Bonchev–Trinajstić information content (AvgIpc) is 3.53. The molecular weight excluding hydrogens is 522 g/mol. The molecule has 4 aromatic rings. The predicted molar refractivity (Wildman–Crippen MR) is 161 cm³/mol. The quantitative estimate of drug-likeness (QED) is 0.276. The molecule has 1 aromatic carbocycles. The van der Waals surface area contributed by atoms with Crippen LogP contribution in [0.2, 0.25) is 18.1 Å². The fourth-order valence-electron chi connectivity index (χ4n) is 4.71. The van der Waals surface area contributed by atoms with E-state index in [-0.39, 0.29) is 16.6 Å². The van der Waals surface area contributed by atoms with Gasteiger partial charge in [0.15, 0.2) is 14.0 Å². The Bertz CT molecular complexity index is 1510. The van der Waals surface area contributed by atoms with Crippen LogP contribution < -0.4 is 16.0 Å². The van der Waals surface area contributed by atoms with Gasteiger partial charge in [0.1, 0.15) is 12.1 Å². The van der Waals surface area contributed by atoms with Crippen LogP contribution in [0.4, 0.5) is 17.2 Å². The molecule has 40 heavy (non-hydrogen) atoms. The van der Waals surface area contributed by atoms with Crippen LogP contribution >= 0.6 is 0 Å². The van der Waals surface area contributed by atoms with Gasteiger partial charge in [-0.3, -0.25) is 9.48 Å². The molecule has 0 atom stereocenters. The number of rotatable bonds is 7. The molecule has 4 heterocycles. The summed E-state index contributed by atoms with van der Waals surface area (Å²) in [6.07, 6.45) is 6.94. The molecule has 1 aliphatic rings. The van der Waals surface area contributed by atoms with E-state index >= 15 is 0 Å². The molecule has 11 heteroatoms. The van der Waals surface area contributed by atoms with Crippen molar-refractivity contribution in [1.82, 2.24) is 19.7 Å². The molecule has 1 amide bonds. The van der Waals surface area contributed by atoms with E-state index in [9.17, 15) is 4.79 Å². The van der Waals surface area contributed by atoms with Gasteiger partial charge in [-0.25, -0.2) is 9.97 Å². The normalized spacial score (nSPS) is 15.1. The summed E-state index contributed by atoms with van der Waals surface area (Å²) in [5.74, 6) is 0.840. The zero-order valence-electron chi connectivity index (χ0n) is 24.2. The number of nitrogens with one attached hydrogen (secondary N) is 1. The Balaban J connectivity index is 1.32. The third-order valence-electron chi connectivity index (χ3n) is 8.19. The Morgan fingerprint density at radius 2 is 1.98 bits per heavy atom. The topological polar surface area (TPSA) is 124 Å². The van der Waals surface area contributed by atoms with Gasteiger partial charge in [0.25, 0.3) is 5.91 Å². The summed E-state index contributed by atoms with van der Waals surface area (Å²) in [5, 5.41) is 8.84. The number of fused-ring (bicyclic) bond motifs is 1. The summed E-state index contributed by atoms with van der Waals surface area (Å²) in [6.45, 7) is 14.0. The lowest BCUT2D eigenvalue weighted by Gasteiger charge is -2.39. The molecule has 10 nitrogen and oxygen atoms in total. The van der Waals surface area contributed by atoms with Gasteiger partial charge in [-0.15, -0.1) is 0 Å². The van der Waals surface area contributed by atoms with E-state index in [4.69, 9.17) is 14.6 Å². The molecule has 212 valence electrons. The lowest BCUT2D eigenvalue weighted by atomic mass is 9.97. The number of hydrogen-bond acceptors (Lipinski definition) is 8. The number of benzene rings is 1. The monoisotopic (exact) mass is 561 g/mol. The summed E-state index contributed by atoms with van der Waals surface area (Å²) in [6, 6.07) is 7.43. The largest absolute Gasteiger partial charge is 0.444 e. The highest BCUT2D eigenvalue weighted by atomic mass is 28.4. The van der Waals surface area contributed by atoms with Crippen LogP contribution in [0.1, 0.15) is 44.1 Å². The summed E-state index contributed by atoms with van der Waals surface area (Å²) in [7, 11) is 0.122. The second kappa shape index (κ2) is 10.7. The minimum Gasteiger partial charge on any atom is -0.444 e. The van der Waals surface area contributed by atoms with Gasteiger partial charge in [0.2, 0.25) is 5.89 Å². The SMILES string of the molecule is Cn1cc2cc(NC(=O)c3coc(-c4ccnc(N)c4)n3)c(N3CCC(CO[Si](C)(C)C(C)(C)C)CC3)cc2n1. The number of anilines is 3. The van der Waals surface area contributed by atoms with Crippen molar-refractivity contribution in [2.75, 3.05) is 35.6 Å². The Morgan fingerprint density at radius 3 is 2.67 bits per heavy atom. The summed E-state index contributed by atoms with van der Waals surface area (Å²) in [4.78, 5) is 24.0. The van der Waals surface area contributed by atoms with E-state index in [2.05, 4.69) is 65.2 Å². The second-order valence-electron chi connectivity index (χ2n) is 12.2.